The SMILES string of the molecule is Cc1cccc(NC(=O)C(Sc2cccc(NC(=O)/C(=C/c3cccnc3)NC(=O)c3ccccc3)c2)c2ccccc2)c1C. The van der Waals surface area contributed by atoms with E-state index in [1.165, 1.54) is 11.8 Å². The second kappa shape index (κ2) is 14.8. The van der Waals surface area contributed by atoms with Crippen LogP contribution in [-0.4, -0.2) is 22.7 Å². The Kier molecular flexibility index (Phi) is 10.2. The van der Waals surface area contributed by atoms with Crippen LogP contribution in [0.4, 0.5) is 11.4 Å². The molecule has 1 atom stereocenters. The molecule has 224 valence electrons. The van der Waals surface area contributed by atoms with Crippen LogP contribution in [0.5, 0.6) is 0 Å². The molecule has 0 saturated carbocycles. The fourth-order valence-electron chi connectivity index (χ4n) is 4.54. The first kappa shape index (κ1) is 31.0. The molecule has 0 aliphatic heterocycles. The Bertz CT molecular complexity index is 1830. The molecule has 4 aromatic carbocycles. The molecule has 5 rings (SSSR count). The second-order valence-corrected chi connectivity index (χ2v) is 11.5. The average molecular weight is 613 g/mol. The van der Waals surface area contributed by atoms with Crippen LogP contribution in [0.3, 0.4) is 0 Å². The zero-order valence-corrected chi connectivity index (χ0v) is 25.7. The third kappa shape index (κ3) is 8.34. The van der Waals surface area contributed by atoms with Gasteiger partial charge in [-0.05, 0) is 84.6 Å². The molecule has 5 aromatic rings. The highest BCUT2D eigenvalue weighted by molar-refractivity contribution is 8.00. The van der Waals surface area contributed by atoms with Crippen molar-refractivity contribution in [1.29, 1.82) is 0 Å². The molecule has 7 nitrogen and oxygen atoms in total. The molecule has 0 radical (unpaired) electrons. The van der Waals surface area contributed by atoms with Crippen LogP contribution in [0.15, 0.2) is 138 Å². The number of amides is 3. The number of hydrogen-bond acceptors (Lipinski definition) is 5. The Morgan fingerprint density at radius 1 is 0.778 bits per heavy atom. The Hall–Kier alpha value is -5.47. The number of aromatic nitrogens is 1. The van der Waals surface area contributed by atoms with Crippen molar-refractivity contribution in [3.63, 3.8) is 0 Å². The van der Waals surface area contributed by atoms with Crippen LogP contribution in [0, 0.1) is 13.8 Å². The normalized spacial score (nSPS) is 11.7. The van der Waals surface area contributed by atoms with Crippen molar-refractivity contribution in [3.8, 4) is 0 Å². The Labute approximate surface area is 266 Å². The maximum absolute atomic E-state index is 13.7. The van der Waals surface area contributed by atoms with Gasteiger partial charge in [-0.2, -0.15) is 0 Å². The number of benzene rings is 4. The summed E-state index contributed by atoms with van der Waals surface area (Å²) in [5, 5.41) is 8.19. The fraction of sp³-hybridized carbons (Fsp3) is 0.0811. The average Bonchev–Trinajstić information content (AvgIpc) is 3.07. The molecule has 45 heavy (non-hydrogen) atoms. The number of pyridine rings is 1. The summed E-state index contributed by atoms with van der Waals surface area (Å²) in [6, 6.07) is 34.9. The molecule has 0 aliphatic rings. The van der Waals surface area contributed by atoms with Gasteiger partial charge in [0.05, 0.1) is 0 Å². The zero-order valence-electron chi connectivity index (χ0n) is 24.9. The highest BCUT2D eigenvalue weighted by atomic mass is 32.2. The lowest BCUT2D eigenvalue weighted by molar-refractivity contribution is -0.116. The summed E-state index contributed by atoms with van der Waals surface area (Å²) in [5.41, 5.74) is 5.38. The highest BCUT2D eigenvalue weighted by Crippen LogP contribution is 2.37. The molecular weight excluding hydrogens is 580 g/mol. The Morgan fingerprint density at radius 3 is 2.24 bits per heavy atom. The molecule has 0 fully saturated rings. The number of nitrogens with one attached hydrogen (secondary N) is 3. The van der Waals surface area contributed by atoms with Crippen molar-refractivity contribution in [1.82, 2.24) is 10.3 Å². The van der Waals surface area contributed by atoms with E-state index in [1.807, 2.05) is 86.6 Å². The number of hydrogen-bond donors (Lipinski definition) is 3. The quantitative estimate of drug-likeness (QED) is 0.112. The monoisotopic (exact) mass is 612 g/mol. The lowest BCUT2D eigenvalue weighted by Gasteiger charge is -2.19. The highest BCUT2D eigenvalue weighted by Gasteiger charge is 2.23. The Balaban J connectivity index is 1.37. The van der Waals surface area contributed by atoms with Crippen molar-refractivity contribution in [2.45, 2.75) is 24.0 Å². The predicted octanol–water partition coefficient (Wildman–Crippen LogP) is 7.58. The van der Waals surface area contributed by atoms with Gasteiger partial charge in [-0.15, -0.1) is 11.8 Å². The maximum Gasteiger partial charge on any atom is 0.272 e. The maximum atomic E-state index is 13.7. The summed E-state index contributed by atoms with van der Waals surface area (Å²) >= 11 is 1.38. The third-order valence-corrected chi connectivity index (χ3v) is 8.32. The van der Waals surface area contributed by atoms with Crippen molar-refractivity contribution < 1.29 is 14.4 Å². The van der Waals surface area contributed by atoms with E-state index in [-0.39, 0.29) is 11.6 Å². The van der Waals surface area contributed by atoms with Gasteiger partial charge in [0.15, 0.2) is 0 Å². The minimum atomic E-state index is -0.553. The van der Waals surface area contributed by atoms with E-state index >= 15 is 0 Å². The smallest absolute Gasteiger partial charge is 0.272 e. The molecular formula is C37H32N4O3S. The number of carbonyl (C=O) groups is 3. The van der Waals surface area contributed by atoms with E-state index in [2.05, 4.69) is 20.9 Å². The molecule has 0 saturated heterocycles. The van der Waals surface area contributed by atoms with Crippen LogP contribution >= 0.6 is 11.8 Å². The van der Waals surface area contributed by atoms with Crippen LogP contribution in [0.25, 0.3) is 6.08 Å². The summed E-state index contributed by atoms with van der Waals surface area (Å²) in [4.78, 5) is 45.0. The molecule has 1 unspecified atom stereocenters. The van der Waals surface area contributed by atoms with Gasteiger partial charge in [0.1, 0.15) is 10.9 Å². The summed E-state index contributed by atoms with van der Waals surface area (Å²) in [7, 11) is 0. The van der Waals surface area contributed by atoms with Gasteiger partial charge in [-0.25, -0.2) is 0 Å². The zero-order chi connectivity index (χ0) is 31.6. The van der Waals surface area contributed by atoms with Gasteiger partial charge >= 0.3 is 0 Å². The van der Waals surface area contributed by atoms with Crippen LogP contribution in [0.1, 0.15) is 37.9 Å². The van der Waals surface area contributed by atoms with Crippen molar-refractivity contribution in [2.75, 3.05) is 10.6 Å². The van der Waals surface area contributed by atoms with Crippen LogP contribution < -0.4 is 16.0 Å². The Morgan fingerprint density at radius 2 is 1.51 bits per heavy atom. The van der Waals surface area contributed by atoms with Crippen LogP contribution in [0.2, 0.25) is 0 Å². The van der Waals surface area contributed by atoms with Crippen LogP contribution in [-0.2, 0) is 9.59 Å². The minimum absolute atomic E-state index is 0.0602. The minimum Gasteiger partial charge on any atom is -0.325 e. The van der Waals surface area contributed by atoms with E-state index in [9.17, 15) is 14.4 Å². The molecule has 0 aliphatic carbocycles. The van der Waals surface area contributed by atoms with Crippen molar-refractivity contribution in [2.24, 2.45) is 0 Å². The largest absolute Gasteiger partial charge is 0.325 e. The van der Waals surface area contributed by atoms with Gasteiger partial charge < -0.3 is 16.0 Å². The van der Waals surface area contributed by atoms with Crippen molar-refractivity contribution >= 4 is 46.9 Å². The summed E-state index contributed by atoms with van der Waals surface area (Å²) in [6.07, 6.45) is 4.81. The van der Waals surface area contributed by atoms with Gasteiger partial charge in [0.25, 0.3) is 11.8 Å². The summed E-state index contributed by atoms with van der Waals surface area (Å²) in [6.45, 7) is 4.00. The van der Waals surface area contributed by atoms with Gasteiger partial charge in [0, 0.05) is 34.2 Å². The van der Waals surface area contributed by atoms with Gasteiger partial charge in [0.2, 0.25) is 5.91 Å². The lowest BCUT2D eigenvalue weighted by Crippen LogP contribution is -2.30. The third-order valence-electron chi connectivity index (χ3n) is 7.07. The molecule has 3 amide bonds. The number of nitrogens with zero attached hydrogens (tertiary/aromatic N) is 1. The van der Waals surface area contributed by atoms with E-state index in [4.69, 9.17) is 0 Å². The number of rotatable bonds is 10. The van der Waals surface area contributed by atoms with E-state index in [0.29, 0.717) is 16.8 Å². The number of anilines is 2. The van der Waals surface area contributed by atoms with Crippen molar-refractivity contribution in [3.05, 3.63) is 161 Å². The number of aryl methyl sites for hydroxylation is 1. The molecule has 0 spiro atoms. The molecule has 1 aromatic heterocycles. The molecule has 1 heterocycles. The molecule has 0 bridgehead atoms. The van der Waals surface area contributed by atoms with E-state index in [0.717, 1.165) is 27.3 Å². The fourth-order valence-corrected chi connectivity index (χ4v) is 5.62. The topological polar surface area (TPSA) is 100 Å². The first-order valence-electron chi connectivity index (χ1n) is 14.4. The molecule has 3 N–H and O–H groups in total. The van der Waals surface area contributed by atoms with E-state index < -0.39 is 17.1 Å². The standard InChI is InChI=1S/C37H32N4O3S/c1-25-12-9-20-32(26(25)2)40-37(44)34(28-14-5-3-6-15-28)45-31-19-10-18-30(23-31)39-36(43)33(22-27-13-11-21-38-24-27)41-35(42)29-16-7-4-8-17-29/h3-24,34H,1-2H3,(H,39,43)(H,40,44)(H,41,42)/b33-22-. The molecule has 8 heteroatoms. The summed E-state index contributed by atoms with van der Waals surface area (Å²) in [5.74, 6) is -1.07. The lowest BCUT2D eigenvalue weighted by atomic mass is 10.1. The first-order valence-corrected chi connectivity index (χ1v) is 15.2. The van der Waals surface area contributed by atoms with Gasteiger partial charge in [-0.1, -0.05) is 72.8 Å². The number of thioether (sulfide) groups is 1. The van der Waals surface area contributed by atoms with E-state index in [1.54, 1.807) is 60.9 Å². The number of carbonyl (C=O) groups excluding carboxylic acids is 3. The first-order chi connectivity index (χ1) is 21.9. The summed E-state index contributed by atoms with van der Waals surface area (Å²) < 4.78 is 0. The second-order valence-electron chi connectivity index (χ2n) is 10.3. The van der Waals surface area contributed by atoms with Gasteiger partial charge in [-0.3, -0.25) is 19.4 Å². The predicted molar refractivity (Wildman–Crippen MR) is 181 cm³/mol.